The number of amides is 1. The van der Waals surface area contributed by atoms with E-state index in [0.29, 0.717) is 12.3 Å². The fourth-order valence-electron chi connectivity index (χ4n) is 1.78. The van der Waals surface area contributed by atoms with Gasteiger partial charge in [-0.15, -0.1) is 0 Å². The molecule has 0 aliphatic carbocycles. The van der Waals surface area contributed by atoms with Gasteiger partial charge in [0.15, 0.2) is 0 Å². The average Bonchev–Trinajstić information content (AvgIpc) is 2.48. The number of nitrogens with zero attached hydrogens (tertiary/aromatic N) is 1. The van der Waals surface area contributed by atoms with E-state index in [1.807, 2.05) is 30.3 Å². The van der Waals surface area contributed by atoms with Gasteiger partial charge in [-0.05, 0) is 29.8 Å². The molecule has 5 heteroatoms. The Balaban J connectivity index is 2.08. The number of ether oxygens (including phenoxy) is 1. The summed E-state index contributed by atoms with van der Waals surface area (Å²) in [7, 11) is 3.44. The standard InChI is InChI=1S/C15H17N3O2/c1-16-13-6-7-14(17-9-13)15(19)18-12-5-3-4-11(8-12)10-20-2/h3-9,16H,10H2,1-2H3,(H,18,19). The van der Waals surface area contributed by atoms with Crippen LogP contribution in [-0.2, 0) is 11.3 Å². The van der Waals surface area contributed by atoms with E-state index in [0.717, 1.165) is 16.9 Å². The molecule has 1 aromatic heterocycles. The van der Waals surface area contributed by atoms with E-state index in [-0.39, 0.29) is 5.91 Å². The second kappa shape index (κ2) is 6.68. The number of aromatic nitrogens is 1. The monoisotopic (exact) mass is 271 g/mol. The van der Waals surface area contributed by atoms with Gasteiger partial charge < -0.3 is 15.4 Å². The lowest BCUT2D eigenvalue weighted by atomic mass is 10.2. The van der Waals surface area contributed by atoms with Crippen molar-refractivity contribution in [2.24, 2.45) is 0 Å². The first-order valence-electron chi connectivity index (χ1n) is 6.26. The summed E-state index contributed by atoms with van der Waals surface area (Å²) in [5.41, 5.74) is 2.97. The number of anilines is 2. The fraction of sp³-hybridized carbons (Fsp3) is 0.200. The van der Waals surface area contributed by atoms with Gasteiger partial charge in [0, 0.05) is 19.8 Å². The molecule has 0 bridgehead atoms. The summed E-state index contributed by atoms with van der Waals surface area (Å²) < 4.78 is 5.07. The van der Waals surface area contributed by atoms with Crippen molar-refractivity contribution in [2.45, 2.75) is 6.61 Å². The Morgan fingerprint density at radius 3 is 2.75 bits per heavy atom. The number of benzene rings is 1. The van der Waals surface area contributed by atoms with Gasteiger partial charge in [-0.3, -0.25) is 4.79 Å². The molecule has 104 valence electrons. The van der Waals surface area contributed by atoms with Crippen molar-refractivity contribution in [1.82, 2.24) is 4.98 Å². The Hall–Kier alpha value is -2.40. The third kappa shape index (κ3) is 3.55. The third-order valence-corrected chi connectivity index (χ3v) is 2.78. The maximum atomic E-state index is 12.1. The van der Waals surface area contributed by atoms with Gasteiger partial charge in [0.2, 0.25) is 0 Å². The van der Waals surface area contributed by atoms with Crippen molar-refractivity contribution < 1.29 is 9.53 Å². The number of nitrogens with one attached hydrogen (secondary N) is 2. The molecule has 0 aliphatic heterocycles. The quantitative estimate of drug-likeness (QED) is 0.877. The van der Waals surface area contributed by atoms with E-state index in [1.165, 1.54) is 0 Å². The lowest BCUT2D eigenvalue weighted by Gasteiger charge is -2.07. The molecular formula is C15H17N3O2. The number of rotatable bonds is 5. The minimum absolute atomic E-state index is 0.234. The van der Waals surface area contributed by atoms with Crippen LogP contribution in [0.5, 0.6) is 0 Å². The molecule has 0 saturated heterocycles. The first-order chi connectivity index (χ1) is 9.72. The molecule has 0 fully saturated rings. The highest BCUT2D eigenvalue weighted by atomic mass is 16.5. The van der Waals surface area contributed by atoms with Gasteiger partial charge >= 0.3 is 0 Å². The summed E-state index contributed by atoms with van der Waals surface area (Å²) in [5.74, 6) is -0.234. The van der Waals surface area contributed by atoms with Gasteiger partial charge in [0.05, 0.1) is 18.5 Å². The highest BCUT2D eigenvalue weighted by molar-refractivity contribution is 6.02. The molecule has 1 heterocycles. The minimum atomic E-state index is -0.234. The van der Waals surface area contributed by atoms with Gasteiger partial charge in [0.1, 0.15) is 5.69 Å². The molecule has 0 saturated carbocycles. The van der Waals surface area contributed by atoms with Crippen molar-refractivity contribution in [1.29, 1.82) is 0 Å². The zero-order chi connectivity index (χ0) is 14.4. The Kier molecular flexibility index (Phi) is 4.68. The Labute approximate surface area is 118 Å². The first-order valence-corrected chi connectivity index (χ1v) is 6.26. The molecule has 0 unspecified atom stereocenters. The Morgan fingerprint density at radius 1 is 1.25 bits per heavy atom. The molecule has 5 nitrogen and oxygen atoms in total. The van der Waals surface area contributed by atoms with Crippen molar-refractivity contribution in [3.8, 4) is 0 Å². The average molecular weight is 271 g/mol. The zero-order valence-electron chi connectivity index (χ0n) is 11.5. The molecule has 0 spiro atoms. The molecule has 1 amide bonds. The largest absolute Gasteiger partial charge is 0.387 e. The smallest absolute Gasteiger partial charge is 0.274 e. The van der Waals surface area contributed by atoms with Crippen LogP contribution in [0.4, 0.5) is 11.4 Å². The summed E-state index contributed by atoms with van der Waals surface area (Å²) in [6.07, 6.45) is 1.62. The van der Waals surface area contributed by atoms with Gasteiger partial charge in [-0.25, -0.2) is 4.98 Å². The van der Waals surface area contributed by atoms with Gasteiger partial charge in [0.25, 0.3) is 5.91 Å². The van der Waals surface area contributed by atoms with E-state index in [9.17, 15) is 4.79 Å². The molecule has 0 atom stereocenters. The summed E-state index contributed by atoms with van der Waals surface area (Å²) in [6.45, 7) is 0.513. The second-order valence-corrected chi connectivity index (χ2v) is 4.27. The van der Waals surface area contributed by atoms with Crippen LogP contribution in [-0.4, -0.2) is 25.0 Å². The third-order valence-electron chi connectivity index (χ3n) is 2.78. The number of carbonyl (C=O) groups excluding carboxylic acids is 1. The minimum Gasteiger partial charge on any atom is -0.387 e. The Morgan fingerprint density at radius 2 is 2.10 bits per heavy atom. The maximum absolute atomic E-state index is 12.1. The van der Waals surface area contributed by atoms with Crippen LogP contribution >= 0.6 is 0 Å². The van der Waals surface area contributed by atoms with Crippen LogP contribution in [0.2, 0.25) is 0 Å². The van der Waals surface area contributed by atoms with E-state index in [2.05, 4.69) is 15.6 Å². The van der Waals surface area contributed by atoms with Crippen LogP contribution in [0, 0.1) is 0 Å². The van der Waals surface area contributed by atoms with Crippen LogP contribution in [0.25, 0.3) is 0 Å². The Bertz CT molecular complexity index is 582. The summed E-state index contributed by atoms with van der Waals surface area (Å²) in [4.78, 5) is 16.2. The molecular weight excluding hydrogens is 254 g/mol. The molecule has 0 radical (unpaired) electrons. The molecule has 1 aromatic carbocycles. The van der Waals surface area contributed by atoms with Crippen molar-refractivity contribution in [3.63, 3.8) is 0 Å². The molecule has 2 aromatic rings. The van der Waals surface area contributed by atoms with E-state index in [4.69, 9.17) is 4.74 Å². The fourth-order valence-corrected chi connectivity index (χ4v) is 1.78. The summed E-state index contributed by atoms with van der Waals surface area (Å²) in [5, 5.41) is 5.77. The highest BCUT2D eigenvalue weighted by Gasteiger charge is 2.07. The molecule has 2 N–H and O–H groups in total. The lowest BCUT2D eigenvalue weighted by Crippen LogP contribution is -2.13. The van der Waals surface area contributed by atoms with E-state index < -0.39 is 0 Å². The number of carbonyl (C=O) groups is 1. The molecule has 2 rings (SSSR count). The SMILES string of the molecule is CNc1ccc(C(=O)Nc2cccc(COC)c2)nc1. The van der Waals surface area contributed by atoms with Crippen molar-refractivity contribution in [3.05, 3.63) is 53.9 Å². The number of pyridine rings is 1. The lowest BCUT2D eigenvalue weighted by molar-refractivity contribution is 0.102. The first kappa shape index (κ1) is 14.0. The van der Waals surface area contributed by atoms with E-state index >= 15 is 0 Å². The van der Waals surface area contributed by atoms with Crippen LogP contribution in [0.15, 0.2) is 42.6 Å². The van der Waals surface area contributed by atoms with Gasteiger partial charge in [-0.1, -0.05) is 12.1 Å². The maximum Gasteiger partial charge on any atom is 0.274 e. The predicted molar refractivity (Wildman–Crippen MR) is 78.9 cm³/mol. The van der Waals surface area contributed by atoms with Crippen molar-refractivity contribution >= 4 is 17.3 Å². The summed E-state index contributed by atoms with van der Waals surface area (Å²) in [6, 6.07) is 11.0. The molecule has 20 heavy (non-hydrogen) atoms. The zero-order valence-corrected chi connectivity index (χ0v) is 11.5. The van der Waals surface area contributed by atoms with Crippen LogP contribution in [0.1, 0.15) is 16.1 Å². The summed E-state index contributed by atoms with van der Waals surface area (Å²) >= 11 is 0. The normalized spacial score (nSPS) is 10.1. The molecule has 0 aliphatic rings. The predicted octanol–water partition coefficient (Wildman–Crippen LogP) is 2.52. The van der Waals surface area contributed by atoms with Crippen molar-refractivity contribution in [2.75, 3.05) is 24.8 Å². The number of hydrogen-bond donors (Lipinski definition) is 2. The topological polar surface area (TPSA) is 63.2 Å². The van der Waals surface area contributed by atoms with Crippen LogP contribution < -0.4 is 10.6 Å². The van der Waals surface area contributed by atoms with Crippen LogP contribution in [0.3, 0.4) is 0 Å². The number of methoxy groups -OCH3 is 1. The second-order valence-electron chi connectivity index (χ2n) is 4.27. The highest BCUT2D eigenvalue weighted by Crippen LogP contribution is 2.13. The van der Waals surface area contributed by atoms with Gasteiger partial charge in [-0.2, -0.15) is 0 Å². The van der Waals surface area contributed by atoms with E-state index in [1.54, 1.807) is 26.4 Å². The number of hydrogen-bond acceptors (Lipinski definition) is 4.